The molecular formula is C44H52N8O9S2. The first kappa shape index (κ1) is 46.3. The number of amides is 2. The summed E-state index contributed by atoms with van der Waals surface area (Å²) in [5.74, 6) is 0.164. The van der Waals surface area contributed by atoms with Crippen LogP contribution in [-0.4, -0.2) is 80.4 Å². The number of hydrogen-bond donors (Lipinski definition) is 1. The first-order valence-electron chi connectivity index (χ1n) is 20.4. The van der Waals surface area contributed by atoms with Crippen molar-refractivity contribution in [2.45, 2.75) is 108 Å². The maximum Gasteiger partial charge on any atom is 0.416 e. The maximum atomic E-state index is 13.2. The Hall–Kier alpha value is -6.21. The molecule has 0 radical (unpaired) electrons. The van der Waals surface area contributed by atoms with Crippen LogP contribution in [0.5, 0.6) is 0 Å². The van der Waals surface area contributed by atoms with Crippen LogP contribution in [0.25, 0.3) is 22.3 Å². The van der Waals surface area contributed by atoms with E-state index >= 15 is 0 Å². The zero-order chi connectivity index (χ0) is 45.9. The molecule has 19 heteroatoms. The minimum absolute atomic E-state index is 0.0398. The van der Waals surface area contributed by atoms with Gasteiger partial charge in [0.25, 0.3) is 20.0 Å². The molecule has 4 heterocycles. The molecule has 63 heavy (non-hydrogen) atoms. The number of anilines is 2. The highest BCUT2D eigenvalue weighted by Gasteiger charge is 2.31. The molecule has 4 aromatic heterocycles. The number of nitrogens with one attached hydrogen (secondary N) is 1. The molecule has 1 N–H and O–H groups in total. The molecule has 0 unspecified atom stereocenters. The van der Waals surface area contributed by atoms with Gasteiger partial charge in [0.2, 0.25) is 0 Å². The van der Waals surface area contributed by atoms with Crippen molar-refractivity contribution in [3.8, 4) is 0 Å². The number of hydrogen-bond acceptors (Lipinski definition) is 13. The summed E-state index contributed by atoms with van der Waals surface area (Å²) in [5, 5.41) is 2.48. The Labute approximate surface area is 367 Å². The van der Waals surface area contributed by atoms with Gasteiger partial charge in [-0.1, -0.05) is 54.7 Å². The average Bonchev–Trinajstić information content (AvgIpc) is 3.84. The minimum atomic E-state index is -3.89. The second kappa shape index (κ2) is 18.3. The molecule has 2 amide bonds. The molecule has 1 fully saturated rings. The summed E-state index contributed by atoms with van der Waals surface area (Å²) in [4.78, 5) is 56.6. The molecule has 0 saturated heterocycles. The van der Waals surface area contributed by atoms with Gasteiger partial charge in [0.1, 0.15) is 22.2 Å². The second-order valence-electron chi connectivity index (χ2n) is 17.3. The lowest BCUT2D eigenvalue weighted by molar-refractivity contribution is -0.122. The SMILES string of the molecule is Cc1ccc(S(=O)(=O)n2ccc3nc(N(CC(=O)C4CCCCC4)C(=O)OC(C)(C)C)cnc32)cc1.Cc1ccc(S(=O)(=O)n2ccc3nc(NC(=O)OC(C)(C)C)cnc32)cc1. The minimum Gasteiger partial charge on any atom is -0.444 e. The van der Waals surface area contributed by atoms with Crippen LogP contribution >= 0.6 is 0 Å². The molecule has 7 rings (SSSR count). The van der Waals surface area contributed by atoms with Crippen LogP contribution in [0, 0.1) is 19.8 Å². The van der Waals surface area contributed by atoms with E-state index in [9.17, 15) is 31.2 Å². The number of ether oxygens (including phenoxy) is 2. The molecule has 6 aromatic rings. The van der Waals surface area contributed by atoms with Crippen LogP contribution in [-0.2, 0) is 34.3 Å². The van der Waals surface area contributed by atoms with Gasteiger partial charge in [0, 0.05) is 18.3 Å². The van der Waals surface area contributed by atoms with Crippen molar-refractivity contribution < 1.29 is 40.7 Å². The van der Waals surface area contributed by atoms with E-state index in [0.717, 1.165) is 51.2 Å². The third-order valence-corrected chi connectivity index (χ3v) is 13.1. The van der Waals surface area contributed by atoms with Crippen molar-refractivity contribution in [1.82, 2.24) is 27.9 Å². The van der Waals surface area contributed by atoms with Gasteiger partial charge in [0.15, 0.2) is 28.7 Å². The molecule has 334 valence electrons. The van der Waals surface area contributed by atoms with Gasteiger partial charge in [-0.25, -0.2) is 54.3 Å². The lowest BCUT2D eigenvalue weighted by Gasteiger charge is -2.28. The summed E-state index contributed by atoms with van der Waals surface area (Å²) in [7, 11) is -7.69. The molecule has 2 aromatic carbocycles. The van der Waals surface area contributed by atoms with Crippen LogP contribution in [0.1, 0.15) is 84.8 Å². The second-order valence-corrected chi connectivity index (χ2v) is 20.9. The molecule has 17 nitrogen and oxygen atoms in total. The van der Waals surface area contributed by atoms with Crippen molar-refractivity contribution in [2.24, 2.45) is 5.92 Å². The van der Waals surface area contributed by atoms with E-state index in [1.165, 1.54) is 41.8 Å². The highest BCUT2D eigenvalue weighted by molar-refractivity contribution is 7.90. The van der Waals surface area contributed by atoms with Crippen LogP contribution in [0.15, 0.2) is 95.2 Å². The summed E-state index contributed by atoms with van der Waals surface area (Å²) in [5.41, 5.74) is 1.40. The first-order valence-corrected chi connectivity index (χ1v) is 23.3. The van der Waals surface area contributed by atoms with E-state index in [-0.39, 0.29) is 56.5 Å². The smallest absolute Gasteiger partial charge is 0.416 e. The van der Waals surface area contributed by atoms with Crippen LogP contribution in [0.3, 0.4) is 0 Å². The van der Waals surface area contributed by atoms with Crippen molar-refractivity contribution >= 4 is 72.0 Å². The van der Waals surface area contributed by atoms with Gasteiger partial charge >= 0.3 is 12.2 Å². The summed E-state index contributed by atoms with van der Waals surface area (Å²) in [6.07, 6.45) is 8.73. The molecule has 0 aliphatic heterocycles. The predicted molar refractivity (Wildman–Crippen MR) is 238 cm³/mol. The standard InChI is InChI=1S/C26H32N4O5S.C18H20N4O4S/c1-18-10-12-20(13-11-18)36(33,34)30-15-14-21-24(30)27-16-23(28-21)29(25(32)35-26(2,3)4)17-22(31)19-8-6-5-7-9-19;1-12-5-7-13(8-6-12)27(24,25)22-10-9-14-16(22)19-11-15(20-14)21-17(23)26-18(2,3)4/h10-16,19H,5-9,17H2,1-4H3;5-11H,1-4H3,(H,20,21,23). The number of carbonyl (C=O) groups is 3. The Morgan fingerprint density at radius 2 is 1.16 bits per heavy atom. The summed E-state index contributed by atoms with van der Waals surface area (Å²) < 4.78 is 64.9. The molecule has 1 aliphatic carbocycles. The quantitative estimate of drug-likeness (QED) is 0.145. The van der Waals surface area contributed by atoms with Crippen molar-refractivity contribution in [3.05, 3.63) is 96.6 Å². The van der Waals surface area contributed by atoms with Gasteiger partial charge < -0.3 is 9.47 Å². The number of aromatic nitrogens is 6. The van der Waals surface area contributed by atoms with E-state index in [4.69, 9.17) is 9.47 Å². The number of ketones is 1. The Kier molecular flexibility index (Phi) is 13.4. The topological polar surface area (TPSA) is 215 Å². The largest absolute Gasteiger partial charge is 0.444 e. The third kappa shape index (κ3) is 11.2. The number of rotatable bonds is 9. The Balaban J connectivity index is 0.000000219. The number of carbonyl (C=O) groups excluding carboxylic acids is 3. The van der Waals surface area contributed by atoms with Crippen molar-refractivity contribution in [1.29, 1.82) is 0 Å². The molecular weight excluding hydrogens is 849 g/mol. The fourth-order valence-electron chi connectivity index (χ4n) is 6.66. The van der Waals surface area contributed by atoms with Crippen molar-refractivity contribution in [3.63, 3.8) is 0 Å². The number of benzene rings is 2. The molecule has 0 atom stereocenters. The average molecular weight is 901 g/mol. The number of nitrogens with zero attached hydrogens (tertiary/aromatic N) is 7. The van der Waals surface area contributed by atoms with Gasteiger partial charge in [-0.3, -0.25) is 15.0 Å². The van der Waals surface area contributed by atoms with E-state index in [1.807, 2.05) is 13.8 Å². The van der Waals surface area contributed by atoms with Crippen molar-refractivity contribution in [2.75, 3.05) is 16.8 Å². The first-order chi connectivity index (χ1) is 29.5. The third-order valence-electron chi connectivity index (χ3n) is 9.75. The van der Waals surface area contributed by atoms with Crippen LogP contribution < -0.4 is 10.2 Å². The zero-order valence-corrected chi connectivity index (χ0v) is 38.2. The lowest BCUT2D eigenvalue weighted by Crippen LogP contribution is -2.42. The number of aryl methyl sites for hydroxylation is 2. The molecule has 0 spiro atoms. The van der Waals surface area contributed by atoms with Crippen LogP contribution in [0.2, 0.25) is 0 Å². The molecule has 1 saturated carbocycles. The van der Waals surface area contributed by atoms with E-state index in [0.29, 0.717) is 5.52 Å². The predicted octanol–water partition coefficient (Wildman–Crippen LogP) is 8.19. The summed E-state index contributed by atoms with van der Waals surface area (Å²) >= 11 is 0. The van der Waals surface area contributed by atoms with Crippen LogP contribution in [0.4, 0.5) is 21.2 Å². The number of Topliss-reactive ketones (excluding diaryl/α,β-unsaturated/α-hetero) is 1. The van der Waals surface area contributed by atoms with Gasteiger partial charge in [-0.05, 0) is 105 Å². The van der Waals surface area contributed by atoms with E-state index < -0.39 is 43.4 Å². The molecule has 0 bridgehead atoms. The maximum absolute atomic E-state index is 13.2. The monoisotopic (exact) mass is 900 g/mol. The fourth-order valence-corrected chi connectivity index (χ4v) is 9.26. The summed E-state index contributed by atoms with van der Waals surface area (Å²) in [6, 6.07) is 16.1. The van der Waals surface area contributed by atoms with Gasteiger partial charge in [-0.15, -0.1) is 0 Å². The summed E-state index contributed by atoms with van der Waals surface area (Å²) in [6.45, 7) is 14.1. The Morgan fingerprint density at radius 3 is 1.65 bits per heavy atom. The fraction of sp³-hybridized carbons (Fsp3) is 0.386. The number of fused-ring (bicyclic) bond motifs is 2. The zero-order valence-electron chi connectivity index (χ0n) is 36.5. The lowest BCUT2D eigenvalue weighted by atomic mass is 9.86. The molecule has 1 aliphatic rings. The normalized spacial score (nSPS) is 13.8. The van der Waals surface area contributed by atoms with Gasteiger partial charge in [0.05, 0.1) is 28.7 Å². The highest BCUT2D eigenvalue weighted by atomic mass is 32.2. The Morgan fingerprint density at radius 1 is 0.683 bits per heavy atom. The van der Waals surface area contributed by atoms with E-state index in [1.54, 1.807) is 90.1 Å². The highest BCUT2D eigenvalue weighted by Crippen LogP contribution is 2.28. The van der Waals surface area contributed by atoms with Gasteiger partial charge in [-0.2, -0.15) is 0 Å². The van der Waals surface area contributed by atoms with E-state index in [2.05, 4.69) is 25.3 Å². The Bertz CT molecular complexity index is 2860.